The molecule has 6 nitrogen and oxygen atoms in total. The predicted molar refractivity (Wildman–Crippen MR) is 72.7 cm³/mol. The van der Waals surface area contributed by atoms with Gasteiger partial charge in [0.2, 0.25) is 0 Å². The number of hydrogen-bond donors (Lipinski definition) is 0. The van der Waals surface area contributed by atoms with E-state index in [1.807, 2.05) is 6.26 Å². The SMILES string of the molecule is COC(=O)C(=NOS(C)(=O)=O)c1ccc(SC)cc1. The zero-order valence-electron chi connectivity index (χ0n) is 10.6. The van der Waals surface area contributed by atoms with Crippen LogP contribution >= 0.6 is 11.8 Å². The fraction of sp³-hybridized carbons (Fsp3) is 0.273. The smallest absolute Gasteiger partial charge is 0.360 e. The van der Waals surface area contributed by atoms with E-state index >= 15 is 0 Å². The monoisotopic (exact) mass is 303 g/mol. The van der Waals surface area contributed by atoms with Gasteiger partial charge in [-0.25, -0.2) is 4.79 Å². The number of carbonyl (C=O) groups excluding carboxylic acids is 1. The van der Waals surface area contributed by atoms with Crippen LogP contribution in [0.5, 0.6) is 0 Å². The van der Waals surface area contributed by atoms with Gasteiger partial charge >= 0.3 is 16.1 Å². The second-order valence-corrected chi connectivity index (χ2v) is 5.88. The largest absolute Gasteiger partial charge is 0.464 e. The minimum absolute atomic E-state index is 0.208. The third kappa shape index (κ3) is 4.92. The first-order valence-electron chi connectivity index (χ1n) is 5.06. The molecule has 0 aliphatic heterocycles. The molecule has 0 radical (unpaired) electrons. The summed E-state index contributed by atoms with van der Waals surface area (Å²) in [7, 11) is -2.61. The lowest BCUT2D eigenvalue weighted by atomic mass is 10.1. The van der Waals surface area contributed by atoms with E-state index in [9.17, 15) is 13.2 Å². The van der Waals surface area contributed by atoms with Gasteiger partial charge < -0.3 is 4.74 Å². The van der Waals surface area contributed by atoms with Crippen molar-refractivity contribution in [1.29, 1.82) is 0 Å². The third-order valence-corrected chi connectivity index (χ3v) is 3.10. The first-order chi connectivity index (χ1) is 8.87. The summed E-state index contributed by atoms with van der Waals surface area (Å²) in [6.45, 7) is 0. The lowest BCUT2D eigenvalue weighted by molar-refractivity contribution is -0.132. The van der Waals surface area contributed by atoms with E-state index in [1.165, 1.54) is 18.9 Å². The van der Waals surface area contributed by atoms with Crippen LogP contribution in [0.4, 0.5) is 0 Å². The maximum atomic E-state index is 11.6. The Morgan fingerprint density at radius 2 is 1.84 bits per heavy atom. The number of oxime groups is 1. The molecule has 1 rings (SSSR count). The maximum Gasteiger partial charge on any atom is 0.360 e. The minimum Gasteiger partial charge on any atom is -0.464 e. The average Bonchev–Trinajstić information content (AvgIpc) is 2.38. The van der Waals surface area contributed by atoms with Gasteiger partial charge in [-0.15, -0.1) is 11.8 Å². The van der Waals surface area contributed by atoms with E-state index in [1.54, 1.807) is 24.3 Å². The van der Waals surface area contributed by atoms with E-state index in [0.717, 1.165) is 11.2 Å². The molecule has 0 heterocycles. The molecule has 0 spiro atoms. The number of rotatable bonds is 5. The number of thioether (sulfide) groups is 1. The van der Waals surface area contributed by atoms with Crippen LogP contribution in [0.15, 0.2) is 34.3 Å². The predicted octanol–water partition coefficient (Wildman–Crippen LogP) is 1.26. The van der Waals surface area contributed by atoms with Crippen LogP contribution in [0.25, 0.3) is 0 Å². The van der Waals surface area contributed by atoms with Crippen molar-refractivity contribution in [2.75, 3.05) is 19.6 Å². The van der Waals surface area contributed by atoms with Crippen molar-refractivity contribution < 1.29 is 22.2 Å². The first-order valence-corrected chi connectivity index (χ1v) is 8.11. The van der Waals surface area contributed by atoms with Crippen LogP contribution in [-0.2, 0) is 23.9 Å². The van der Waals surface area contributed by atoms with Gasteiger partial charge in [0.1, 0.15) is 0 Å². The molecular formula is C11H13NO5S2. The molecule has 0 aromatic heterocycles. The number of esters is 1. The summed E-state index contributed by atoms with van der Waals surface area (Å²) in [4.78, 5) is 12.5. The van der Waals surface area contributed by atoms with Crippen molar-refractivity contribution in [2.45, 2.75) is 4.90 Å². The summed E-state index contributed by atoms with van der Waals surface area (Å²) >= 11 is 1.54. The molecular weight excluding hydrogens is 290 g/mol. The van der Waals surface area contributed by atoms with Crippen molar-refractivity contribution in [3.63, 3.8) is 0 Å². The highest BCUT2D eigenvalue weighted by atomic mass is 32.2. The van der Waals surface area contributed by atoms with E-state index in [4.69, 9.17) is 0 Å². The molecule has 0 amide bonds. The normalized spacial score (nSPS) is 12.1. The van der Waals surface area contributed by atoms with Crippen molar-refractivity contribution in [1.82, 2.24) is 0 Å². The van der Waals surface area contributed by atoms with Crippen molar-refractivity contribution in [3.05, 3.63) is 29.8 Å². The minimum atomic E-state index is -3.78. The van der Waals surface area contributed by atoms with Crippen LogP contribution in [-0.4, -0.2) is 39.7 Å². The number of nitrogens with zero attached hydrogens (tertiary/aromatic N) is 1. The molecule has 0 aliphatic carbocycles. The Morgan fingerprint density at radius 3 is 2.26 bits per heavy atom. The topological polar surface area (TPSA) is 82.0 Å². The molecule has 1 aromatic carbocycles. The Morgan fingerprint density at radius 1 is 1.26 bits per heavy atom. The van der Waals surface area contributed by atoms with Crippen molar-refractivity contribution in [3.8, 4) is 0 Å². The standard InChI is InChI=1S/C11H13NO5S2/c1-16-11(13)10(12-17-19(3,14)15)8-4-6-9(18-2)7-5-8/h4-7H,1-3H3. The molecule has 8 heteroatoms. The van der Waals surface area contributed by atoms with Crippen molar-refractivity contribution >= 4 is 33.6 Å². The van der Waals surface area contributed by atoms with E-state index in [0.29, 0.717) is 5.56 Å². The number of benzene rings is 1. The highest BCUT2D eigenvalue weighted by Gasteiger charge is 2.17. The van der Waals surface area contributed by atoms with Crippen LogP contribution in [0.2, 0.25) is 0 Å². The van der Waals surface area contributed by atoms with Gasteiger partial charge in [-0.1, -0.05) is 17.3 Å². The Balaban J connectivity index is 3.12. The van der Waals surface area contributed by atoms with Crippen molar-refractivity contribution in [2.24, 2.45) is 5.16 Å². The van der Waals surface area contributed by atoms with Gasteiger partial charge in [-0.3, -0.25) is 4.28 Å². The molecule has 0 unspecified atom stereocenters. The van der Waals surface area contributed by atoms with Gasteiger partial charge in [-0.2, -0.15) is 8.42 Å². The summed E-state index contributed by atoms with van der Waals surface area (Å²) in [6, 6.07) is 6.82. The highest BCUT2D eigenvalue weighted by molar-refractivity contribution is 7.98. The third-order valence-electron chi connectivity index (χ3n) is 2.01. The van der Waals surface area contributed by atoms with E-state index < -0.39 is 16.1 Å². The summed E-state index contributed by atoms with van der Waals surface area (Å²) in [5.74, 6) is -0.777. The molecule has 0 saturated heterocycles. The molecule has 0 saturated carbocycles. The van der Waals surface area contributed by atoms with Gasteiger partial charge in [0, 0.05) is 10.5 Å². The second-order valence-electron chi connectivity index (χ2n) is 3.44. The molecule has 0 N–H and O–H groups in total. The zero-order chi connectivity index (χ0) is 14.5. The van der Waals surface area contributed by atoms with E-state index in [2.05, 4.69) is 14.2 Å². The number of carbonyl (C=O) groups is 1. The summed E-state index contributed by atoms with van der Waals surface area (Å²) < 4.78 is 30.6. The van der Waals surface area contributed by atoms with Crippen LogP contribution in [0.1, 0.15) is 5.56 Å². The summed E-state index contributed by atoms with van der Waals surface area (Å²) in [5, 5.41) is 3.34. The lowest BCUT2D eigenvalue weighted by Crippen LogP contribution is -2.18. The van der Waals surface area contributed by atoms with Gasteiger partial charge in [0.05, 0.1) is 13.4 Å². The number of ether oxygens (including phenoxy) is 1. The number of methoxy groups -OCH3 is 1. The molecule has 19 heavy (non-hydrogen) atoms. The first kappa shape index (κ1) is 15.5. The quantitative estimate of drug-likeness (QED) is 0.352. The lowest BCUT2D eigenvalue weighted by Gasteiger charge is -2.04. The second kappa shape index (κ2) is 6.58. The fourth-order valence-electron chi connectivity index (χ4n) is 1.16. The molecule has 0 aliphatic rings. The Labute approximate surface area is 115 Å². The summed E-state index contributed by atoms with van der Waals surface area (Å²) in [5.41, 5.74) is 0.203. The average molecular weight is 303 g/mol. The number of hydrogen-bond acceptors (Lipinski definition) is 7. The van der Waals surface area contributed by atoms with Gasteiger partial charge in [0.15, 0.2) is 5.71 Å². The molecule has 0 bridgehead atoms. The molecule has 0 fully saturated rings. The zero-order valence-corrected chi connectivity index (χ0v) is 12.2. The van der Waals surface area contributed by atoms with Gasteiger partial charge in [-0.05, 0) is 18.4 Å². The Hall–Kier alpha value is -1.54. The van der Waals surface area contributed by atoms with E-state index in [-0.39, 0.29) is 5.71 Å². The summed E-state index contributed by atoms with van der Waals surface area (Å²) in [6.07, 6.45) is 2.75. The molecule has 1 aromatic rings. The highest BCUT2D eigenvalue weighted by Crippen LogP contribution is 2.16. The molecule has 104 valence electrons. The van der Waals surface area contributed by atoms with Crippen LogP contribution < -0.4 is 0 Å². The van der Waals surface area contributed by atoms with Crippen LogP contribution in [0.3, 0.4) is 0 Å². The van der Waals surface area contributed by atoms with Crippen LogP contribution in [0, 0.1) is 0 Å². The maximum absolute atomic E-state index is 11.6. The van der Waals surface area contributed by atoms with Gasteiger partial charge in [0.25, 0.3) is 0 Å². The molecule has 0 atom stereocenters. The fourth-order valence-corrected chi connectivity index (χ4v) is 1.78. The Kier molecular flexibility index (Phi) is 5.37. The Bertz CT molecular complexity index is 578.